The number of likely N-dealkylation sites (N-methyl/N-ethyl adjacent to an activating group) is 1. The fraction of sp³-hybridized carbons (Fsp3) is 0.458. The predicted molar refractivity (Wildman–Crippen MR) is 134 cm³/mol. The van der Waals surface area contributed by atoms with Gasteiger partial charge in [0, 0.05) is 52.4 Å². The maximum absolute atomic E-state index is 13.1. The number of H-pyrrole nitrogens is 1. The fourth-order valence-electron chi connectivity index (χ4n) is 4.93. The van der Waals surface area contributed by atoms with Crippen LogP contribution in [0.15, 0.2) is 24.3 Å². The van der Waals surface area contributed by atoms with Gasteiger partial charge in [0.1, 0.15) is 5.69 Å². The van der Waals surface area contributed by atoms with Crippen LogP contribution in [0.3, 0.4) is 0 Å². The molecule has 8 nitrogen and oxygen atoms in total. The molecule has 0 radical (unpaired) electrons. The van der Waals surface area contributed by atoms with Crippen LogP contribution in [-0.2, 0) is 13.0 Å². The minimum atomic E-state index is -0.207. The van der Waals surface area contributed by atoms with Crippen molar-refractivity contribution in [1.82, 2.24) is 25.5 Å². The molecular formula is C24H29ClN6O2S. The average molecular weight is 501 g/mol. The van der Waals surface area contributed by atoms with E-state index in [0.29, 0.717) is 28.2 Å². The van der Waals surface area contributed by atoms with Crippen LogP contribution in [0.2, 0.25) is 5.02 Å². The molecule has 0 bridgehead atoms. The van der Waals surface area contributed by atoms with Gasteiger partial charge in [-0.25, -0.2) is 4.98 Å². The first-order valence-corrected chi connectivity index (χ1v) is 12.9. The number of thiazole rings is 1. The Kier molecular flexibility index (Phi) is 6.61. The van der Waals surface area contributed by atoms with Crippen LogP contribution in [-0.4, -0.2) is 58.9 Å². The first kappa shape index (κ1) is 23.3. The largest absolute Gasteiger partial charge is 0.351 e. The van der Waals surface area contributed by atoms with Gasteiger partial charge in [0.05, 0.1) is 5.69 Å². The molecule has 3 atom stereocenters. The first-order valence-electron chi connectivity index (χ1n) is 11.7. The molecule has 34 heavy (non-hydrogen) atoms. The van der Waals surface area contributed by atoms with Crippen molar-refractivity contribution in [1.29, 1.82) is 0 Å². The van der Waals surface area contributed by atoms with Crippen LogP contribution in [0.25, 0.3) is 10.9 Å². The Bertz CT molecular complexity index is 1220. The number of benzene rings is 1. The summed E-state index contributed by atoms with van der Waals surface area (Å²) in [5, 5.41) is 8.29. The van der Waals surface area contributed by atoms with E-state index in [-0.39, 0.29) is 23.9 Å². The summed E-state index contributed by atoms with van der Waals surface area (Å²) in [6.45, 7) is 2.34. The molecule has 10 heteroatoms. The molecule has 1 aliphatic carbocycles. The van der Waals surface area contributed by atoms with Crippen molar-refractivity contribution < 1.29 is 9.59 Å². The van der Waals surface area contributed by atoms with Crippen molar-refractivity contribution in [3.63, 3.8) is 0 Å². The van der Waals surface area contributed by atoms with E-state index in [4.69, 9.17) is 17.3 Å². The third-order valence-corrected chi connectivity index (χ3v) is 8.19. The van der Waals surface area contributed by atoms with E-state index in [2.05, 4.69) is 32.5 Å². The van der Waals surface area contributed by atoms with Crippen molar-refractivity contribution >= 4 is 45.7 Å². The fourth-order valence-corrected chi connectivity index (χ4v) is 6.20. The molecule has 3 unspecified atom stereocenters. The highest BCUT2D eigenvalue weighted by Crippen LogP contribution is 2.27. The van der Waals surface area contributed by atoms with Crippen LogP contribution in [0, 0.1) is 5.92 Å². The molecule has 3 heterocycles. The quantitative estimate of drug-likeness (QED) is 0.430. The SMILES string of the molecule is CN1CCc2nc(C(=O)NC3CC(CN)CCC3NC(=O)c3cc4cc(Cl)ccc4[nH]3)sc2C1. The molecule has 3 aromatic rings. The minimum Gasteiger partial charge on any atom is -0.351 e. The third-order valence-electron chi connectivity index (χ3n) is 6.87. The number of carbonyl (C=O) groups is 2. The number of nitrogens with one attached hydrogen (secondary N) is 3. The van der Waals surface area contributed by atoms with Gasteiger partial charge >= 0.3 is 0 Å². The molecule has 1 fully saturated rings. The van der Waals surface area contributed by atoms with E-state index >= 15 is 0 Å². The summed E-state index contributed by atoms with van der Waals surface area (Å²) < 4.78 is 0. The van der Waals surface area contributed by atoms with E-state index in [9.17, 15) is 9.59 Å². The molecule has 2 aliphatic rings. The van der Waals surface area contributed by atoms with E-state index < -0.39 is 0 Å². The zero-order valence-corrected chi connectivity index (χ0v) is 20.6. The second kappa shape index (κ2) is 9.65. The highest BCUT2D eigenvalue weighted by Gasteiger charge is 2.33. The van der Waals surface area contributed by atoms with E-state index in [1.807, 2.05) is 12.1 Å². The van der Waals surface area contributed by atoms with E-state index in [1.165, 1.54) is 11.3 Å². The first-order chi connectivity index (χ1) is 16.4. The van der Waals surface area contributed by atoms with Crippen molar-refractivity contribution in [2.45, 2.75) is 44.3 Å². The van der Waals surface area contributed by atoms with Crippen molar-refractivity contribution in [3.8, 4) is 0 Å². The summed E-state index contributed by atoms with van der Waals surface area (Å²) in [6.07, 6.45) is 3.25. The molecule has 2 aromatic heterocycles. The van der Waals surface area contributed by atoms with Gasteiger partial charge < -0.3 is 26.3 Å². The van der Waals surface area contributed by atoms with Gasteiger partial charge in [-0.05, 0) is 63.0 Å². The molecule has 2 amide bonds. The molecule has 5 N–H and O–H groups in total. The van der Waals surface area contributed by atoms with Crippen LogP contribution in [0.1, 0.15) is 50.1 Å². The van der Waals surface area contributed by atoms with E-state index in [0.717, 1.165) is 60.2 Å². The molecule has 180 valence electrons. The van der Waals surface area contributed by atoms with Crippen LogP contribution >= 0.6 is 22.9 Å². The average Bonchev–Trinajstić information content (AvgIpc) is 3.43. The standard InChI is InChI=1S/C24H29ClN6O2S/c1-31-7-6-18-21(12-31)34-24(30-18)23(33)29-19-8-13(11-26)2-4-17(19)28-22(32)20-10-14-9-15(25)3-5-16(14)27-20/h3,5,9-10,13,17,19,27H,2,4,6-8,11-12,26H2,1H3,(H,28,32)(H,29,33). The predicted octanol–water partition coefficient (Wildman–Crippen LogP) is 2.92. The smallest absolute Gasteiger partial charge is 0.280 e. The van der Waals surface area contributed by atoms with Crippen LogP contribution in [0.5, 0.6) is 0 Å². The molecule has 1 aromatic carbocycles. The lowest BCUT2D eigenvalue weighted by Crippen LogP contribution is -2.55. The van der Waals surface area contributed by atoms with Gasteiger partial charge in [-0.2, -0.15) is 0 Å². The minimum absolute atomic E-state index is 0.177. The highest BCUT2D eigenvalue weighted by atomic mass is 35.5. The number of rotatable bonds is 5. The molecule has 5 rings (SSSR count). The summed E-state index contributed by atoms with van der Waals surface area (Å²) in [6, 6.07) is 6.87. The number of hydrogen-bond donors (Lipinski definition) is 4. The van der Waals surface area contributed by atoms with Gasteiger partial charge in [-0.1, -0.05) is 11.6 Å². The lowest BCUT2D eigenvalue weighted by atomic mass is 9.82. The Morgan fingerprint density at radius 3 is 2.88 bits per heavy atom. The number of hydrogen-bond acceptors (Lipinski definition) is 6. The monoisotopic (exact) mass is 500 g/mol. The van der Waals surface area contributed by atoms with Gasteiger partial charge in [-0.15, -0.1) is 11.3 Å². The Hall–Kier alpha value is -2.46. The zero-order chi connectivity index (χ0) is 23.8. The zero-order valence-electron chi connectivity index (χ0n) is 19.1. The van der Waals surface area contributed by atoms with Gasteiger partial charge in [-0.3, -0.25) is 9.59 Å². The van der Waals surface area contributed by atoms with Crippen LogP contribution in [0.4, 0.5) is 0 Å². The number of halogens is 1. The molecule has 0 saturated heterocycles. The summed E-state index contributed by atoms with van der Waals surface area (Å²) in [4.78, 5) is 37.3. The Balaban J connectivity index is 1.30. The maximum atomic E-state index is 13.1. The second-order valence-electron chi connectivity index (χ2n) is 9.37. The van der Waals surface area contributed by atoms with Crippen molar-refractivity contribution in [2.75, 3.05) is 20.1 Å². The lowest BCUT2D eigenvalue weighted by molar-refractivity contribution is 0.0843. The Morgan fingerprint density at radius 2 is 2.06 bits per heavy atom. The lowest BCUT2D eigenvalue weighted by Gasteiger charge is -2.36. The Labute approximate surface area is 207 Å². The van der Waals surface area contributed by atoms with Gasteiger partial charge in [0.25, 0.3) is 11.8 Å². The normalized spacial score (nSPS) is 23.0. The number of nitrogens with zero attached hydrogens (tertiary/aromatic N) is 2. The summed E-state index contributed by atoms with van der Waals surface area (Å²) in [7, 11) is 2.08. The number of fused-ring (bicyclic) bond motifs is 2. The highest BCUT2D eigenvalue weighted by molar-refractivity contribution is 7.13. The van der Waals surface area contributed by atoms with Crippen molar-refractivity contribution in [2.24, 2.45) is 11.7 Å². The number of amides is 2. The van der Waals surface area contributed by atoms with Crippen molar-refractivity contribution in [3.05, 3.63) is 50.6 Å². The third kappa shape index (κ3) is 4.84. The molecule has 0 spiro atoms. The number of carbonyl (C=O) groups excluding carboxylic acids is 2. The van der Waals surface area contributed by atoms with E-state index in [1.54, 1.807) is 12.1 Å². The summed E-state index contributed by atoms with van der Waals surface area (Å²) >= 11 is 7.54. The number of aromatic amines is 1. The summed E-state index contributed by atoms with van der Waals surface area (Å²) in [5.41, 5.74) is 8.30. The molecule has 1 saturated carbocycles. The van der Waals surface area contributed by atoms with Gasteiger partial charge in [0.2, 0.25) is 0 Å². The van der Waals surface area contributed by atoms with Crippen LogP contribution < -0.4 is 16.4 Å². The van der Waals surface area contributed by atoms with Gasteiger partial charge in [0.15, 0.2) is 5.01 Å². The maximum Gasteiger partial charge on any atom is 0.280 e. The second-order valence-corrected chi connectivity index (χ2v) is 10.9. The topological polar surface area (TPSA) is 116 Å². The molecule has 1 aliphatic heterocycles. The summed E-state index contributed by atoms with van der Waals surface area (Å²) in [5.74, 6) is -0.0634. The molecular weight excluding hydrogens is 472 g/mol. The Morgan fingerprint density at radius 1 is 1.24 bits per heavy atom. The number of aromatic nitrogens is 2. The number of nitrogens with two attached hydrogens (primary N) is 1.